The summed E-state index contributed by atoms with van der Waals surface area (Å²) in [5, 5.41) is 3.37. The molecular weight excluding hydrogens is 226 g/mol. The van der Waals surface area contributed by atoms with Crippen LogP contribution in [-0.4, -0.2) is 19.1 Å². The number of ether oxygens (including phenoxy) is 1. The molecule has 2 unspecified atom stereocenters. The van der Waals surface area contributed by atoms with Gasteiger partial charge in [0.2, 0.25) is 0 Å². The predicted molar refractivity (Wildman–Crippen MR) is 73.4 cm³/mol. The molecule has 3 nitrogen and oxygen atoms in total. The van der Waals surface area contributed by atoms with Crippen molar-refractivity contribution in [3.8, 4) is 0 Å². The maximum Gasteiger partial charge on any atom is 0.322 e. The quantitative estimate of drug-likeness (QED) is 0.788. The zero-order chi connectivity index (χ0) is 13.5. The van der Waals surface area contributed by atoms with Crippen LogP contribution in [0.3, 0.4) is 0 Å². The maximum atomic E-state index is 11.6. The van der Waals surface area contributed by atoms with Crippen molar-refractivity contribution < 1.29 is 9.53 Å². The molecule has 18 heavy (non-hydrogen) atoms. The fraction of sp³-hybridized carbons (Fsp3) is 0.533. The van der Waals surface area contributed by atoms with E-state index < -0.39 is 0 Å². The van der Waals surface area contributed by atoms with Crippen molar-refractivity contribution >= 4 is 5.97 Å². The molecule has 100 valence electrons. The molecular formula is C15H23NO2. The highest BCUT2D eigenvalue weighted by molar-refractivity contribution is 5.75. The summed E-state index contributed by atoms with van der Waals surface area (Å²) in [4.78, 5) is 11.6. The molecule has 0 saturated carbocycles. The minimum absolute atomic E-state index is 0.189. The molecule has 0 amide bonds. The summed E-state index contributed by atoms with van der Waals surface area (Å²) in [5.74, 6) is -0.192. The lowest BCUT2D eigenvalue weighted by atomic mass is 10.0. The first-order valence-electron chi connectivity index (χ1n) is 6.52. The highest BCUT2D eigenvalue weighted by Crippen LogP contribution is 2.18. The molecule has 3 heteroatoms. The second kappa shape index (κ2) is 7.17. The van der Waals surface area contributed by atoms with Gasteiger partial charge in [0.15, 0.2) is 0 Å². The van der Waals surface area contributed by atoms with Gasteiger partial charge in [0.1, 0.15) is 6.04 Å². The van der Waals surface area contributed by atoms with E-state index in [1.807, 2.05) is 6.92 Å². The van der Waals surface area contributed by atoms with Crippen LogP contribution in [0.5, 0.6) is 0 Å². The minimum atomic E-state index is -0.235. The summed E-state index contributed by atoms with van der Waals surface area (Å²) >= 11 is 0. The van der Waals surface area contributed by atoms with Crippen LogP contribution in [0.2, 0.25) is 0 Å². The van der Waals surface area contributed by atoms with Gasteiger partial charge >= 0.3 is 5.97 Å². The third-order valence-electron chi connectivity index (χ3n) is 3.18. The third-order valence-corrected chi connectivity index (χ3v) is 3.18. The first-order chi connectivity index (χ1) is 8.62. The summed E-state index contributed by atoms with van der Waals surface area (Å²) in [6, 6.07) is 8.37. The number of methoxy groups -OCH3 is 1. The molecule has 0 radical (unpaired) electrons. The van der Waals surface area contributed by atoms with E-state index in [0.717, 1.165) is 12.8 Å². The number of esters is 1. The molecule has 0 saturated heterocycles. The Bertz CT molecular complexity index is 373. The molecule has 0 aliphatic carbocycles. The van der Waals surface area contributed by atoms with Crippen LogP contribution < -0.4 is 5.32 Å². The SMILES string of the molecule is CCC(NC(CC)c1ccc(C)cc1)C(=O)OC. The normalized spacial score (nSPS) is 14.0. The summed E-state index contributed by atoms with van der Waals surface area (Å²) in [7, 11) is 1.43. The topological polar surface area (TPSA) is 38.3 Å². The summed E-state index contributed by atoms with van der Waals surface area (Å²) in [5.41, 5.74) is 2.46. The van der Waals surface area contributed by atoms with Crippen LogP contribution in [0, 0.1) is 6.92 Å². The molecule has 0 aliphatic heterocycles. The van der Waals surface area contributed by atoms with Gasteiger partial charge in [-0.3, -0.25) is 10.1 Å². The largest absolute Gasteiger partial charge is 0.468 e. The molecule has 0 spiro atoms. The average molecular weight is 249 g/mol. The van der Waals surface area contributed by atoms with Gasteiger partial charge in [0.05, 0.1) is 7.11 Å². The predicted octanol–water partition coefficient (Wildman–Crippen LogP) is 2.99. The average Bonchev–Trinajstić information content (AvgIpc) is 2.41. The number of hydrogen-bond acceptors (Lipinski definition) is 3. The number of benzene rings is 1. The maximum absolute atomic E-state index is 11.6. The summed E-state index contributed by atoms with van der Waals surface area (Å²) in [6.07, 6.45) is 1.67. The molecule has 1 aromatic carbocycles. The van der Waals surface area contributed by atoms with Crippen molar-refractivity contribution in [2.45, 2.75) is 45.7 Å². The van der Waals surface area contributed by atoms with Crippen LogP contribution >= 0.6 is 0 Å². The standard InChI is InChI=1S/C15H23NO2/c1-5-13(12-9-7-11(3)8-10-12)16-14(6-2)15(17)18-4/h7-10,13-14,16H,5-6H2,1-4H3. The van der Waals surface area contributed by atoms with Gasteiger partial charge in [-0.2, -0.15) is 0 Å². The van der Waals surface area contributed by atoms with Crippen molar-refractivity contribution in [1.29, 1.82) is 0 Å². The Morgan fingerprint density at radius 3 is 2.28 bits per heavy atom. The minimum Gasteiger partial charge on any atom is -0.468 e. The van der Waals surface area contributed by atoms with Crippen molar-refractivity contribution in [2.75, 3.05) is 7.11 Å². The van der Waals surface area contributed by atoms with Gasteiger partial charge in [-0.25, -0.2) is 0 Å². The lowest BCUT2D eigenvalue weighted by Gasteiger charge is -2.23. The van der Waals surface area contributed by atoms with Crippen LogP contribution in [0.4, 0.5) is 0 Å². The molecule has 2 atom stereocenters. The van der Waals surface area contributed by atoms with E-state index in [9.17, 15) is 4.79 Å². The Balaban J connectivity index is 2.77. The number of rotatable bonds is 6. The first-order valence-corrected chi connectivity index (χ1v) is 6.52. The molecule has 0 heterocycles. The van der Waals surface area contributed by atoms with E-state index in [1.54, 1.807) is 0 Å². The number of hydrogen-bond donors (Lipinski definition) is 1. The van der Waals surface area contributed by atoms with Gasteiger partial charge in [-0.1, -0.05) is 43.7 Å². The van der Waals surface area contributed by atoms with Gasteiger partial charge < -0.3 is 4.74 Å². The Kier molecular flexibility index (Phi) is 5.86. The smallest absolute Gasteiger partial charge is 0.322 e. The number of nitrogens with one attached hydrogen (secondary N) is 1. The molecule has 0 aromatic heterocycles. The number of aryl methyl sites for hydroxylation is 1. The lowest BCUT2D eigenvalue weighted by molar-refractivity contribution is -0.143. The second-order valence-corrected chi connectivity index (χ2v) is 4.52. The Morgan fingerprint density at radius 2 is 1.83 bits per heavy atom. The fourth-order valence-corrected chi connectivity index (χ4v) is 1.99. The Labute approximate surface area is 110 Å². The van der Waals surface area contributed by atoms with Crippen LogP contribution in [0.15, 0.2) is 24.3 Å². The zero-order valence-corrected chi connectivity index (χ0v) is 11.7. The Morgan fingerprint density at radius 1 is 1.22 bits per heavy atom. The van der Waals surface area contributed by atoms with E-state index >= 15 is 0 Å². The van der Waals surface area contributed by atoms with E-state index in [2.05, 4.69) is 43.4 Å². The molecule has 1 N–H and O–H groups in total. The van der Waals surface area contributed by atoms with Crippen molar-refractivity contribution in [3.05, 3.63) is 35.4 Å². The van der Waals surface area contributed by atoms with Crippen LogP contribution in [0.1, 0.15) is 43.9 Å². The highest BCUT2D eigenvalue weighted by atomic mass is 16.5. The molecule has 1 aromatic rings. The lowest BCUT2D eigenvalue weighted by Crippen LogP contribution is -2.39. The fourth-order valence-electron chi connectivity index (χ4n) is 1.99. The van der Waals surface area contributed by atoms with Crippen LogP contribution in [0.25, 0.3) is 0 Å². The van der Waals surface area contributed by atoms with E-state index in [0.29, 0.717) is 0 Å². The van der Waals surface area contributed by atoms with Crippen molar-refractivity contribution in [3.63, 3.8) is 0 Å². The summed E-state index contributed by atoms with van der Waals surface area (Å²) < 4.78 is 4.80. The third kappa shape index (κ3) is 3.84. The molecule has 0 aliphatic rings. The van der Waals surface area contributed by atoms with Crippen molar-refractivity contribution in [1.82, 2.24) is 5.32 Å². The number of carbonyl (C=O) groups is 1. The van der Waals surface area contributed by atoms with Crippen molar-refractivity contribution in [2.24, 2.45) is 0 Å². The van der Waals surface area contributed by atoms with Gasteiger partial charge in [-0.05, 0) is 25.3 Å². The van der Waals surface area contributed by atoms with Gasteiger partial charge in [0.25, 0.3) is 0 Å². The van der Waals surface area contributed by atoms with Gasteiger partial charge in [0, 0.05) is 6.04 Å². The van der Waals surface area contributed by atoms with E-state index in [1.165, 1.54) is 18.2 Å². The zero-order valence-electron chi connectivity index (χ0n) is 11.7. The van der Waals surface area contributed by atoms with Crippen LogP contribution in [-0.2, 0) is 9.53 Å². The first kappa shape index (κ1) is 14.7. The highest BCUT2D eigenvalue weighted by Gasteiger charge is 2.20. The molecule has 0 bridgehead atoms. The number of carbonyl (C=O) groups excluding carboxylic acids is 1. The Hall–Kier alpha value is -1.35. The van der Waals surface area contributed by atoms with E-state index in [-0.39, 0.29) is 18.1 Å². The molecule has 1 rings (SSSR count). The summed E-state index contributed by atoms with van der Waals surface area (Å²) in [6.45, 7) is 6.17. The molecule has 0 fully saturated rings. The van der Waals surface area contributed by atoms with Gasteiger partial charge in [-0.15, -0.1) is 0 Å². The monoisotopic (exact) mass is 249 g/mol. The van der Waals surface area contributed by atoms with E-state index in [4.69, 9.17) is 4.74 Å². The second-order valence-electron chi connectivity index (χ2n) is 4.52.